The Kier molecular flexibility index (Phi) is 10.6. The summed E-state index contributed by atoms with van der Waals surface area (Å²) in [5.74, 6) is -1.50. The van der Waals surface area contributed by atoms with Crippen molar-refractivity contribution in [2.75, 3.05) is 11.4 Å². The molecular formula is C31H33N2O4S2+. The molecule has 1 aliphatic rings. The Bertz CT molecular complexity index is 1420. The number of aromatic nitrogens is 1. The van der Waals surface area contributed by atoms with Crippen molar-refractivity contribution in [3.05, 3.63) is 95.0 Å². The van der Waals surface area contributed by atoms with Crippen LogP contribution in [0.2, 0.25) is 0 Å². The van der Waals surface area contributed by atoms with Crippen LogP contribution >= 0.6 is 23.1 Å². The van der Waals surface area contributed by atoms with Gasteiger partial charge in [0.1, 0.15) is 4.70 Å². The highest BCUT2D eigenvalue weighted by Crippen LogP contribution is 2.45. The summed E-state index contributed by atoms with van der Waals surface area (Å²) < 4.78 is 3.38. The lowest BCUT2D eigenvalue weighted by Gasteiger charge is -2.20. The van der Waals surface area contributed by atoms with Crippen molar-refractivity contribution in [2.24, 2.45) is 0 Å². The molecule has 0 spiro atoms. The summed E-state index contributed by atoms with van der Waals surface area (Å²) in [6.07, 6.45) is 17.8. The van der Waals surface area contributed by atoms with Gasteiger partial charge in [0.25, 0.3) is 5.01 Å². The number of carbonyl (C=O) groups is 2. The van der Waals surface area contributed by atoms with Gasteiger partial charge in [-0.2, -0.15) is 4.57 Å². The number of anilines is 1. The monoisotopic (exact) mass is 561 g/mol. The summed E-state index contributed by atoms with van der Waals surface area (Å²) in [6, 6.07) is 16.6. The fourth-order valence-corrected chi connectivity index (χ4v) is 6.60. The predicted molar refractivity (Wildman–Crippen MR) is 160 cm³/mol. The Balaban J connectivity index is 1.37. The molecule has 0 fully saturated rings. The number of aryl methyl sites for hydroxylation is 1. The van der Waals surface area contributed by atoms with E-state index in [1.165, 1.54) is 20.3 Å². The quantitative estimate of drug-likeness (QED) is 0.122. The average Bonchev–Trinajstić information content (AvgIpc) is 3.45. The number of hydrogen-bond acceptors (Lipinski definition) is 5. The first-order valence-electron chi connectivity index (χ1n) is 13.1. The third kappa shape index (κ3) is 8.18. The zero-order valence-electron chi connectivity index (χ0n) is 21.7. The van der Waals surface area contributed by atoms with E-state index in [0.29, 0.717) is 19.4 Å². The van der Waals surface area contributed by atoms with E-state index in [4.69, 9.17) is 10.2 Å². The van der Waals surface area contributed by atoms with E-state index < -0.39 is 11.9 Å². The SMILES string of the molecule is O=C(O)CCCCCN1/C(=C/C=C/C=C/C=C/c2sc3ccccc3[n+]2CCCC(=O)O)Sc2ccccc21. The van der Waals surface area contributed by atoms with Crippen LogP contribution < -0.4 is 9.47 Å². The minimum atomic E-state index is -0.768. The molecule has 39 heavy (non-hydrogen) atoms. The number of aliphatic carboxylic acids is 2. The Morgan fingerprint density at radius 3 is 2.38 bits per heavy atom. The second-order valence-corrected chi connectivity index (χ2v) is 11.2. The molecule has 4 rings (SSSR count). The maximum atomic E-state index is 11.0. The molecular weight excluding hydrogens is 528 g/mol. The van der Waals surface area contributed by atoms with Crippen LogP contribution in [0.5, 0.6) is 0 Å². The van der Waals surface area contributed by atoms with Crippen molar-refractivity contribution in [3.63, 3.8) is 0 Å². The Hall–Kier alpha value is -3.62. The van der Waals surface area contributed by atoms with E-state index in [9.17, 15) is 9.59 Å². The van der Waals surface area contributed by atoms with Crippen molar-refractivity contribution in [1.82, 2.24) is 0 Å². The van der Waals surface area contributed by atoms with Crippen LogP contribution in [0.1, 0.15) is 43.5 Å². The molecule has 2 aromatic carbocycles. The normalized spacial score (nSPS) is 14.5. The van der Waals surface area contributed by atoms with Crippen LogP contribution in [-0.2, 0) is 16.1 Å². The van der Waals surface area contributed by atoms with Crippen LogP contribution in [0, 0.1) is 0 Å². The Morgan fingerprint density at radius 2 is 1.54 bits per heavy atom. The van der Waals surface area contributed by atoms with E-state index in [1.54, 1.807) is 23.1 Å². The van der Waals surface area contributed by atoms with Crippen LogP contribution in [0.3, 0.4) is 0 Å². The van der Waals surface area contributed by atoms with Crippen molar-refractivity contribution >= 4 is 57.0 Å². The zero-order chi connectivity index (χ0) is 27.5. The molecule has 0 bridgehead atoms. The van der Waals surface area contributed by atoms with Gasteiger partial charge in [0.2, 0.25) is 5.52 Å². The fourth-order valence-electron chi connectivity index (χ4n) is 4.39. The van der Waals surface area contributed by atoms with E-state index in [2.05, 4.69) is 58.0 Å². The van der Waals surface area contributed by atoms with E-state index in [0.717, 1.165) is 29.9 Å². The molecule has 0 amide bonds. The number of carboxylic acid groups (broad SMARTS) is 2. The van der Waals surface area contributed by atoms with Gasteiger partial charge < -0.3 is 15.1 Å². The summed E-state index contributed by atoms with van der Waals surface area (Å²) in [5, 5.41) is 20.1. The number of rotatable bonds is 14. The number of carboxylic acids is 2. The first-order chi connectivity index (χ1) is 19.0. The lowest BCUT2D eigenvalue weighted by Crippen LogP contribution is -2.35. The first kappa shape index (κ1) is 28.4. The third-order valence-electron chi connectivity index (χ3n) is 6.24. The van der Waals surface area contributed by atoms with Crippen molar-refractivity contribution < 1.29 is 24.4 Å². The molecule has 6 nitrogen and oxygen atoms in total. The Morgan fingerprint density at radius 1 is 0.821 bits per heavy atom. The van der Waals surface area contributed by atoms with Crippen LogP contribution in [-0.4, -0.2) is 28.7 Å². The zero-order valence-corrected chi connectivity index (χ0v) is 23.4. The third-order valence-corrected chi connectivity index (χ3v) is 8.50. The molecule has 2 heterocycles. The molecule has 3 aromatic rings. The fraction of sp³-hybridized carbons (Fsp3) is 0.258. The average molecular weight is 562 g/mol. The number of thioether (sulfide) groups is 1. The highest BCUT2D eigenvalue weighted by atomic mass is 32.2. The second kappa shape index (κ2) is 14.5. The number of fused-ring (bicyclic) bond motifs is 2. The molecule has 0 saturated carbocycles. The number of benzene rings is 2. The minimum Gasteiger partial charge on any atom is -0.481 e. The van der Waals surface area contributed by atoms with Crippen LogP contribution in [0.4, 0.5) is 5.69 Å². The van der Waals surface area contributed by atoms with Gasteiger partial charge >= 0.3 is 11.9 Å². The van der Waals surface area contributed by atoms with Gasteiger partial charge in [-0.1, -0.05) is 84.2 Å². The predicted octanol–water partition coefficient (Wildman–Crippen LogP) is 7.28. The standard InChI is InChI=1S/C31H32N2O4S2/c34-30(35)20-7-4-12-22-32-24-14-8-10-16-26(24)38-28(32)18-5-2-1-3-6-19-29-33(23-13-21-31(36)37)25-15-9-11-17-27(25)39-29/h1-3,5-6,8-11,14-19H,4,7,12-13,20-23H2,(H-,34,35,36,37)/p+1. The van der Waals surface area contributed by atoms with Crippen molar-refractivity contribution in [2.45, 2.75) is 50.0 Å². The molecule has 1 aromatic heterocycles. The molecule has 202 valence electrons. The summed E-state index contributed by atoms with van der Waals surface area (Å²) in [7, 11) is 0. The minimum absolute atomic E-state index is 0.159. The molecule has 1 aliphatic heterocycles. The smallest absolute Gasteiger partial charge is 0.303 e. The summed E-state index contributed by atoms with van der Waals surface area (Å²) in [6.45, 7) is 1.53. The molecule has 8 heteroatoms. The number of nitrogens with zero attached hydrogens (tertiary/aromatic N) is 2. The van der Waals surface area contributed by atoms with Gasteiger partial charge in [0, 0.05) is 36.4 Å². The highest BCUT2D eigenvalue weighted by molar-refractivity contribution is 8.03. The molecule has 0 saturated heterocycles. The largest absolute Gasteiger partial charge is 0.481 e. The number of thiazole rings is 1. The topological polar surface area (TPSA) is 81.7 Å². The van der Waals surface area contributed by atoms with Crippen molar-refractivity contribution in [1.29, 1.82) is 0 Å². The van der Waals surface area contributed by atoms with Gasteiger partial charge in [0.15, 0.2) is 6.54 Å². The first-order valence-corrected chi connectivity index (χ1v) is 14.8. The van der Waals surface area contributed by atoms with Crippen molar-refractivity contribution in [3.8, 4) is 0 Å². The molecule has 0 aliphatic carbocycles. The molecule has 0 radical (unpaired) electrons. The maximum Gasteiger partial charge on any atom is 0.303 e. The summed E-state index contributed by atoms with van der Waals surface area (Å²) in [5.41, 5.74) is 2.34. The van der Waals surface area contributed by atoms with Gasteiger partial charge in [0.05, 0.1) is 17.1 Å². The number of unbranched alkanes of at least 4 members (excludes halogenated alkanes) is 2. The van der Waals surface area contributed by atoms with E-state index in [1.807, 2.05) is 42.5 Å². The van der Waals surface area contributed by atoms with Gasteiger partial charge in [-0.15, -0.1) is 0 Å². The van der Waals surface area contributed by atoms with Crippen LogP contribution in [0.25, 0.3) is 16.3 Å². The molecule has 2 N–H and O–H groups in total. The number of hydrogen-bond donors (Lipinski definition) is 2. The lowest BCUT2D eigenvalue weighted by molar-refractivity contribution is -0.669. The Labute approximate surface area is 237 Å². The summed E-state index contributed by atoms with van der Waals surface area (Å²) in [4.78, 5) is 25.3. The number of para-hydroxylation sites is 2. The summed E-state index contributed by atoms with van der Waals surface area (Å²) >= 11 is 3.46. The number of allylic oxidation sites excluding steroid dienone is 6. The highest BCUT2D eigenvalue weighted by Gasteiger charge is 2.23. The lowest BCUT2D eigenvalue weighted by atomic mass is 10.2. The van der Waals surface area contributed by atoms with E-state index >= 15 is 0 Å². The van der Waals surface area contributed by atoms with Gasteiger partial charge in [-0.3, -0.25) is 9.59 Å². The second-order valence-electron chi connectivity index (χ2n) is 9.12. The van der Waals surface area contributed by atoms with Gasteiger partial charge in [-0.25, -0.2) is 0 Å². The van der Waals surface area contributed by atoms with Gasteiger partial charge in [-0.05, 0) is 37.1 Å². The van der Waals surface area contributed by atoms with Crippen LogP contribution in [0.15, 0.2) is 94.9 Å². The van der Waals surface area contributed by atoms with E-state index in [-0.39, 0.29) is 12.8 Å². The maximum absolute atomic E-state index is 11.0. The molecule has 0 unspecified atom stereocenters. The molecule has 0 atom stereocenters.